The number of amides is 1. The van der Waals surface area contributed by atoms with Crippen LogP contribution in [0.2, 0.25) is 0 Å². The van der Waals surface area contributed by atoms with Gasteiger partial charge in [-0.15, -0.1) is 22.7 Å². The van der Waals surface area contributed by atoms with E-state index in [4.69, 9.17) is 0 Å². The van der Waals surface area contributed by atoms with Crippen LogP contribution in [0.25, 0.3) is 10.2 Å². The first-order valence-electron chi connectivity index (χ1n) is 6.17. The van der Waals surface area contributed by atoms with E-state index < -0.39 is 0 Å². The number of thiophene rings is 2. The molecule has 0 radical (unpaired) electrons. The Labute approximate surface area is 119 Å². The molecule has 3 nitrogen and oxygen atoms in total. The van der Waals surface area contributed by atoms with Crippen LogP contribution in [-0.2, 0) is 13.1 Å². The summed E-state index contributed by atoms with van der Waals surface area (Å²) in [4.78, 5) is 13.4. The lowest BCUT2D eigenvalue weighted by atomic mass is 10.3. The van der Waals surface area contributed by atoms with Crippen molar-refractivity contribution in [1.82, 2.24) is 9.88 Å². The second-order valence-corrected chi connectivity index (χ2v) is 6.19. The molecule has 3 aromatic heterocycles. The van der Waals surface area contributed by atoms with Crippen molar-refractivity contribution in [2.24, 2.45) is 0 Å². The van der Waals surface area contributed by atoms with Crippen molar-refractivity contribution < 1.29 is 4.79 Å². The van der Waals surface area contributed by atoms with Gasteiger partial charge in [0.1, 0.15) is 5.69 Å². The van der Waals surface area contributed by atoms with E-state index in [-0.39, 0.29) is 5.91 Å². The van der Waals surface area contributed by atoms with Crippen LogP contribution in [0.4, 0.5) is 0 Å². The second kappa shape index (κ2) is 5.19. The summed E-state index contributed by atoms with van der Waals surface area (Å²) in [7, 11) is 0. The highest BCUT2D eigenvalue weighted by Crippen LogP contribution is 2.25. The van der Waals surface area contributed by atoms with E-state index in [0.29, 0.717) is 6.54 Å². The molecule has 19 heavy (non-hydrogen) atoms. The van der Waals surface area contributed by atoms with Gasteiger partial charge >= 0.3 is 0 Å². The van der Waals surface area contributed by atoms with Crippen molar-refractivity contribution in [2.75, 3.05) is 0 Å². The standard InChI is InChI=1S/C14H14N2OS2/c1-2-16-11-5-7-19-13(11)8-12(16)14(17)15-9-10-4-3-6-18-10/h3-8H,2,9H2,1H3,(H,15,17). The first-order valence-corrected chi connectivity index (χ1v) is 7.93. The van der Waals surface area contributed by atoms with Crippen molar-refractivity contribution in [3.8, 4) is 0 Å². The number of aromatic nitrogens is 1. The van der Waals surface area contributed by atoms with Gasteiger partial charge in [0.15, 0.2) is 0 Å². The highest BCUT2D eigenvalue weighted by atomic mass is 32.1. The number of carbonyl (C=O) groups excluding carboxylic acids is 1. The fourth-order valence-corrected chi connectivity index (χ4v) is 3.64. The van der Waals surface area contributed by atoms with Gasteiger partial charge in [0, 0.05) is 11.4 Å². The lowest BCUT2D eigenvalue weighted by Crippen LogP contribution is -2.24. The van der Waals surface area contributed by atoms with Gasteiger partial charge in [0.05, 0.1) is 16.8 Å². The van der Waals surface area contributed by atoms with Crippen LogP contribution in [0.3, 0.4) is 0 Å². The number of aryl methyl sites for hydroxylation is 1. The average Bonchev–Trinajstić information content (AvgIpc) is 3.11. The zero-order valence-electron chi connectivity index (χ0n) is 10.6. The van der Waals surface area contributed by atoms with Crippen LogP contribution in [0.5, 0.6) is 0 Å². The topological polar surface area (TPSA) is 34.0 Å². The van der Waals surface area contributed by atoms with Gasteiger partial charge in [-0.25, -0.2) is 0 Å². The van der Waals surface area contributed by atoms with Crippen molar-refractivity contribution in [3.63, 3.8) is 0 Å². The van der Waals surface area contributed by atoms with Crippen LogP contribution in [0, 0.1) is 0 Å². The molecular formula is C14H14N2OS2. The number of rotatable bonds is 4. The molecule has 1 N–H and O–H groups in total. The lowest BCUT2D eigenvalue weighted by molar-refractivity contribution is 0.0942. The number of nitrogens with zero attached hydrogens (tertiary/aromatic N) is 1. The van der Waals surface area contributed by atoms with E-state index in [1.807, 2.05) is 23.6 Å². The van der Waals surface area contributed by atoms with Crippen LogP contribution >= 0.6 is 22.7 Å². The van der Waals surface area contributed by atoms with Crippen molar-refractivity contribution >= 4 is 38.8 Å². The fourth-order valence-electron chi connectivity index (χ4n) is 2.18. The number of nitrogens with one attached hydrogen (secondary N) is 1. The Balaban J connectivity index is 1.82. The predicted molar refractivity (Wildman–Crippen MR) is 81.0 cm³/mol. The summed E-state index contributed by atoms with van der Waals surface area (Å²) in [5.41, 5.74) is 1.90. The molecule has 3 heterocycles. The molecule has 0 aliphatic rings. The van der Waals surface area contributed by atoms with Crippen LogP contribution in [0.1, 0.15) is 22.3 Å². The van der Waals surface area contributed by atoms with Crippen LogP contribution in [0.15, 0.2) is 35.0 Å². The van der Waals surface area contributed by atoms with Gasteiger partial charge in [-0.05, 0) is 35.9 Å². The minimum Gasteiger partial charge on any atom is -0.346 e. The number of hydrogen-bond donors (Lipinski definition) is 1. The second-order valence-electron chi connectivity index (χ2n) is 4.21. The summed E-state index contributed by atoms with van der Waals surface area (Å²) in [5, 5.41) is 7.06. The number of fused-ring (bicyclic) bond motifs is 1. The summed E-state index contributed by atoms with van der Waals surface area (Å²) in [5.74, 6) is -0.00125. The molecule has 0 aliphatic heterocycles. The van der Waals surface area contributed by atoms with Crippen molar-refractivity contribution in [2.45, 2.75) is 20.0 Å². The van der Waals surface area contributed by atoms with Gasteiger partial charge in [-0.2, -0.15) is 0 Å². The third kappa shape index (κ3) is 2.31. The molecule has 5 heteroatoms. The average molecular weight is 290 g/mol. The smallest absolute Gasteiger partial charge is 0.268 e. The first kappa shape index (κ1) is 12.4. The maximum absolute atomic E-state index is 12.3. The molecule has 0 atom stereocenters. The molecule has 0 bridgehead atoms. The monoisotopic (exact) mass is 290 g/mol. The van der Waals surface area contributed by atoms with Crippen molar-refractivity contribution in [3.05, 3.63) is 45.6 Å². The van der Waals surface area contributed by atoms with Crippen LogP contribution < -0.4 is 5.32 Å². The summed E-state index contributed by atoms with van der Waals surface area (Å²) < 4.78 is 3.23. The Bertz CT molecular complexity index is 694. The summed E-state index contributed by atoms with van der Waals surface area (Å²) in [6, 6.07) is 8.08. The van der Waals surface area contributed by atoms with E-state index in [0.717, 1.165) is 17.8 Å². The minimum atomic E-state index is -0.00125. The Morgan fingerprint density at radius 3 is 2.95 bits per heavy atom. The molecule has 0 aliphatic carbocycles. The molecule has 0 fully saturated rings. The van der Waals surface area contributed by atoms with Crippen molar-refractivity contribution in [1.29, 1.82) is 0 Å². The van der Waals surface area contributed by atoms with E-state index in [1.165, 1.54) is 9.58 Å². The van der Waals surface area contributed by atoms with Gasteiger partial charge in [0.2, 0.25) is 0 Å². The molecule has 0 saturated carbocycles. The SMILES string of the molecule is CCn1c(C(=O)NCc2cccs2)cc2sccc21. The quantitative estimate of drug-likeness (QED) is 0.781. The predicted octanol–water partition coefficient (Wildman–Crippen LogP) is 3.71. The maximum atomic E-state index is 12.3. The van der Waals surface area contributed by atoms with E-state index in [1.54, 1.807) is 22.7 Å². The Morgan fingerprint density at radius 1 is 1.32 bits per heavy atom. The highest BCUT2D eigenvalue weighted by Gasteiger charge is 2.15. The fraction of sp³-hybridized carbons (Fsp3) is 0.214. The maximum Gasteiger partial charge on any atom is 0.268 e. The van der Waals surface area contributed by atoms with E-state index >= 15 is 0 Å². The molecule has 0 saturated heterocycles. The first-order chi connectivity index (χ1) is 9.29. The molecule has 0 spiro atoms. The molecule has 98 valence electrons. The van der Waals surface area contributed by atoms with Gasteiger partial charge in [-0.1, -0.05) is 6.07 Å². The molecule has 3 aromatic rings. The zero-order valence-corrected chi connectivity index (χ0v) is 12.2. The molecule has 0 aromatic carbocycles. The Hall–Kier alpha value is -1.59. The van der Waals surface area contributed by atoms with Gasteiger partial charge in [0.25, 0.3) is 5.91 Å². The largest absolute Gasteiger partial charge is 0.346 e. The highest BCUT2D eigenvalue weighted by molar-refractivity contribution is 7.17. The van der Waals surface area contributed by atoms with Crippen LogP contribution in [-0.4, -0.2) is 10.5 Å². The normalized spacial score (nSPS) is 11.0. The molecule has 1 amide bonds. The van der Waals surface area contributed by atoms with E-state index in [2.05, 4.69) is 28.3 Å². The minimum absolute atomic E-state index is 0.00125. The van der Waals surface area contributed by atoms with Gasteiger partial charge < -0.3 is 9.88 Å². The van der Waals surface area contributed by atoms with Gasteiger partial charge in [-0.3, -0.25) is 4.79 Å². The summed E-state index contributed by atoms with van der Waals surface area (Å²) in [6.45, 7) is 3.47. The number of carbonyl (C=O) groups is 1. The zero-order chi connectivity index (χ0) is 13.2. The summed E-state index contributed by atoms with van der Waals surface area (Å²) in [6.07, 6.45) is 0. The summed E-state index contributed by atoms with van der Waals surface area (Å²) >= 11 is 3.33. The Kier molecular flexibility index (Phi) is 3.40. The Morgan fingerprint density at radius 2 is 2.21 bits per heavy atom. The lowest BCUT2D eigenvalue weighted by Gasteiger charge is -2.07. The molecule has 0 unspecified atom stereocenters. The number of hydrogen-bond acceptors (Lipinski definition) is 3. The molecular weight excluding hydrogens is 276 g/mol. The van der Waals surface area contributed by atoms with E-state index in [9.17, 15) is 4.79 Å². The molecule has 3 rings (SSSR count). The third-order valence-corrected chi connectivity index (χ3v) is 4.80. The third-order valence-electron chi connectivity index (χ3n) is 3.07.